The second-order valence-corrected chi connectivity index (χ2v) is 8.07. The molecule has 1 aliphatic rings. The minimum absolute atomic E-state index is 0.321. The highest BCUT2D eigenvalue weighted by Gasteiger charge is 2.22. The Kier molecular flexibility index (Phi) is 7.62. The monoisotopic (exact) mass is 447 g/mol. The summed E-state index contributed by atoms with van der Waals surface area (Å²) < 4.78 is 0. The average molecular weight is 448 g/mol. The molecule has 0 saturated heterocycles. The number of anilines is 2. The number of carbonyl (C=O) groups excluding carboxylic acids is 2. The van der Waals surface area contributed by atoms with Crippen LogP contribution in [0.4, 0.5) is 11.4 Å². The lowest BCUT2D eigenvalue weighted by atomic mass is 9.95. The maximum Gasteiger partial charge on any atom is 0.272 e. The summed E-state index contributed by atoms with van der Waals surface area (Å²) in [6.07, 6.45) is 10.9. The second-order valence-electron chi connectivity index (χ2n) is 6.82. The number of carbonyl (C=O) groups is 2. The van der Waals surface area contributed by atoms with Crippen LogP contribution in [-0.4, -0.2) is 28.8 Å². The van der Waals surface area contributed by atoms with Crippen molar-refractivity contribution in [1.29, 1.82) is 0 Å². The number of aromatic nitrogens is 1. The van der Waals surface area contributed by atoms with Crippen molar-refractivity contribution in [2.45, 2.75) is 25.8 Å². The van der Waals surface area contributed by atoms with E-state index in [1.807, 2.05) is 45.1 Å². The summed E-state index contributed by atoms with van der Waals surface area (Å²) in [6, 6.07) is 6.68. The summed E-state index contributed by atoms with van der Waals surface area (Å²) in [7, 11) is 0. The molecule has 0 radical (unpaired) electrons. The molecule has 2 aromatic rings. The molecule has 32 heavy (non-hydrogen) atoms. The third kappa shape index (κ3) is 5.15. The smallest absolute Gasteiger partial charge is 0.272 e. The van der Waals surface area contributed by atoms with Gasteiger partial charge >= 0.3 is 0 Å². The Morgan fingerprint density at radius 1 is 1.31 bits per heavy atom. The van der Waals surface area contributed by atoms with E-state index in [0.29, 0.717) is 38.7 Å². The molecule has 7 nitrogen and oxygen atoms in total. The van der Waals surface area contributed by atoms with Crippen molar-refractivity contribution >= 4 is 46.7 Å². The summed E-state index contributed by atoms with van der Waals surface area (Å²) in [5, 5.41) is 7.50. The highest BCUT2D eigenvalue weighted by Crippen LogP contribution is 2.31. The first-order chi connectivity index (χ1) is 15.5. The maximum atomic E-state index is 12.9. The third-order valence-corrected chi connectivity index (χ3v) is 5.53. The number of nitrogens with one attached hydrogen (secondary N) is 2. The number of nitrogens with zero attached hydrogens (tertiary/aromatic N) is 2. The number of fused-ring (bicyclic) bond motifs is 1. The van der Waals surface area contributed by atoms with Crippen molar-refractivity contribution in [3.8, 4) is 0 Å². The summed E-state index contributed by atoms with van der Waals surface area (Å²) in [5.41, 5.74) is 12.6. The molecular formula is C24H25N5O2S. The van der Waals surface area contributed by atoms with Gasteiger partial charge in [-0.15, -0.1) is 11.8 Å². The molecule has 4 N–H and O–H groups in total. The number of nitrogens with two attached hydrogens (primary N) is 1. The predicted molar refractivity (Wildman–Crippen MR) is 132 cm³/mol. The van der Waals surface area contributed by atoms with Gasteiger partial charge in [0, 0.05) is 28.7 Å². The van der Waals surface area contributed by atoms with Gasteiger partial charge in [0.2, 0.25) is 0 Å². The number of allylic oxidation sites excluding steroid dienone is 6. The molecule has 1 aliphatic heterocycles. The predicted octanol–water partition coefficient (Wildman–Crippen LogP) is 4.66. The van der Waals surface area contributed by atoms with Crippen molar-refractivity contribution in [1.82, 2.24) is 10.4 Å². The summed E-state index contributed by atoms with van der Waals surface area (Å²) >= 11 is 1.49. The summed E-state index contributed by atoms with van der Waals surface area (Å²) in [6.45, 7) is 5.85. The highest BCUT2D eigenvalue weighted by atomic mass is 32.2. The Balaban J connectivity index is 2.02. The highest BCUT2D eigenvalue weighted by molar-refractivity contribution is 7.99. The topological polar surface area (TPSA) is 109 Å². The van der Waals surface area contributed by atoms with Crippen LogP contribution in [0.15, 0.2) is 70.5 Å². The number of rotatable bonds is 6. The quantitative estimate of drug-likeness (QED) is 0.339. The molecule has 0 aliphatic carbocycles. The largest absolute Gasteiger partial charge is 0.398 e. The fraction of sp³-hybridized carbons (Fsp3) is 0.167. The molecule has 8 heteroatoms. The second kappa shape index (κ2) is 10.6. The Bertz CT molecular complexity index is 1160. The van der Waals surface area contributed by atoms with E-state index < -0.39 is 5.91 Å². The Morgan fingerprint density at radius 2 is 2.12 bits per heavy atom. The number of benzene rings is 1. The Labute approximate surface area is 191 Å². The molecular weight excluding hydrogens is 422 g/mol. The van der Waals surface area contributed by atoms with Crippen LogP contribution in [0.25, 0.3) is 5.57 Å². The lowest BCUT2D eigenvalue weighted by molar-refractivity contribution is 0.0954. The molecule has 0 fully saturated rings. The first-order valence-electron chi connectivity index (χ1n) is 10.2. The number of pyridine rings is 1. The molecule has 3 rings (SSSR count). The minimum Gasteiger partial charge on any atom is -0.398 e. The van der Waals surface area contributed by atoms with E-state index in [1.165, 1.54) is 11.8 Å². The number of nitrogen functional groups attached to an aromatic ring is 1. The van der Waals surface area contributed by atoms with Crippen LogP contribution in [-0.2, 0) is 0 Å². The summed E-state index contributed by atoms with van der Waals surface area (Å²) in [4.78, 5) is 29.9. The van der Waals surface area contributed by atoms with Crippen LogP contribution in [0.3, 0.4) is 0 Å². The number of hydrogen-bond acceptors (Lipinski definition) is 6. The fourth-order valence-electron chi connectivity index (χ4n) is 3.25. The van der Waals surface area contributed by atoms with E-state index in [4.69, 9.17) is 5.73 Å². The van der Waals surface area contributed by atoms with E-state index in [-0.39, 0.29) is 5.91 Å². The lowest BCUT2D eigenvalue weighted by Crippen LogP contribution is -2.19. The van der Waals surface area contributed by atoms with Gasteiger partial charge in [0.05, 0.1) is 17.3 Å². The Morgan fingerprint density at radius 3 is 2.84 bits per heavy atom. The molecule has 1 aromatic carbocycles. The number of amides is 2. The summed E-state index contributed by atoms with van der Waals surface area (Å²) in [5.74, 6) is 0.0672. The van der Waals surface area contributed by atoms with Crippen LogP contribution in [0.2, 0.25) is 0 Å². The van der Waals surface area contributed by atoms with Gasteiger partial charge in [-0.05, 0) is 55.5 Å². The van der Waals surface area contributed by atoms with Crippen LogP contribution < -0.4 is 16.5 Å². The van der Waals surface area contributed by atoms with E-state index in [9.17, 15) is 9.59 Å². The third-order valence-electron chi connectivity index (χ3n) is 4.64. The van der Waals surface area contributed by atoms with Gasteiger partial charge in [-0.3, -0.25) is 9.59 Å². The molecule has 2 amide bonds. The van der Waals surface area contributed by atoms with E-state index >= 15 is 0 Å². The van der Waals surface area contributed by atoms with Gasteiger partial charge in [-0.1, -0.05) is 25.2 Å². The lowest BCUT2D eigenvalue weighted by Gasteiger charge is -2.14. The molecule has 0 saturated carbocycles. The van der Waals surface area contributed by atoms with Gasteiger partial charge < -0.3 is 11.1 Å². The zero-order chi connectivity index (χ0) is 23.1. The van der Waals surface area contributed by atoms with Gasteiger partial charge in [0.25, 0.3) is 11.8 Å². The molecule has 0 spiro atoms. The van der Waals surface area contributed by atoms with Crippen LogP contribution in [0, 0.1) is 0 Å². The van der Waals surface area contributed by atoms with Crippen molar-refractivity contribution in [3.63, 3.8) is 0 Å². The van der Waals surface area contributed by atoms with Crippen molar-refractivity contribution in [2.75, 3.05) is 16.8 Å². The zero-order valence-electron chi connectivity index (χ0n) is 18.2. The number of hydrogen-bond donors (Lipinski definition) is 3. The van der Waals surface area contributed by atoms with Crippen molar-refractivity contribution < 1.29 is 9.59 Å². The van der Waals surface area contributed by atoms with E-state index in [0.717, 1.165) is 11.3 Å². The van der Waals surface area contributed by atoms with Gasteiger partial charge in [-0.25, -0.2) is 10.4 Å². The fourth-order valence-corrected chi connectivity index (χ4v) is 3.97. The molecule has 2 heterocycles. The zero-order valence-corrected chi connectivity index (χ0v) is 19.0. The average Bonchev–Trinajstić information content (AvgIpc) is 2.93. The molecule has 164 valence electrons. The molecule has 1 aromatic heterocycles. The van der Waals surface area contributed by atoms with Crippen molar-refractivity contribution in [3.05, 3.63) is 77.0 Å². The maximum absolute atomic E-state index is 12.9. The molecule has 0 unspecified atom stereocenters. The minimum atomic E-state index is -0.404. The first kappa shape index (κ1) is 23.0. The van der Waals surface area contributed by atoms with E-state index in [1.54, 1.807) is 36.7 Å². The normalized spacial score (nSPS) is 14.9. The van der Waals surface area contributed by atoms with E-state index in [2.05, 4.69) is 20.8 Å². The molecule has 0 bridgehead atoms. The number of thioether (sulfide) groups is 1. The standard InChI is InChI=1S/C24H25N5O2S/c1-4-8-15(5-2)11-16-14-27-29-23(31)19-12-17(13-20(25)21(16)19)28-22(30)18-9-7-10-26-24(18)32-6-3/h4-5,7-14H,6,25H2,1-3H3,(H,28,30)(H,29,31)/b8-4-,15-5+,16-11+. The molecule has 0 atom stereocenters. The van der Waals surface area contributed by atoms with Gasteiger partial charge in [0.1, 0.15) is 5.03 Å². The van der Waals surface area contributed by atoms with Gasteiger partial charge in [-0.2, -0.15) is 5.10 Å². The van der Waals surface area contributed by atoms with Crippen LogP contribution in [0.5, 0.6) is 0 Å². The van der Waals surface area contributed by atoms with Gasteiger partial charge in [0.15, 0.2) is 0 Å². The van der Waals surface area contributed by atoms with Crippen LogP contribution in [0.1, 0.15) is 47.1 Å². The number of hydrazone groups is 1. The first-order valence-corrected chi connectivity index (χ1v) is 11.1. The SMILES string of the molecule is C\C=C/C(/C=C1\C=NNC(=O)c2cc(NC(=O)c3cccnc3SCC)cc(N)c21)=C\C. The Hall–Kier alpha value is -3.65. The van der Waals surface area contributed by atoms with Crippen LogP contribution >= 0.6 is 11.8 Å². The van der Waals surface area contributed by atoms with Crippen molar-refractivity contribution in [2.24, 2.45) is 5.10 Å².